The van der Waals surface area contributed by atoms with Gasteiger partial charge in [-0.05, 0) is 54.8 Å². The summed E-state index contributed by atoms with van der Waals surface area (Å²) in [6, 6.07) is 16.3. The van der Waals surface area contributed by atoms with Gasteiger partial charge in [0.2, 0.25) is 5.88 Å². The molecule has 2 aromatic carbocycles. The molecule has 6 heteroatoms. The Morgan fingerprint density at radius 1 is 1.07 bits per heavy atom. The molecule has 0 atom stereocenters. The summed E-state index contributed by atoms with van der Waals surface area (Å²) in [5, 5.41) is 0.865. The molecule has 0 bridgehead atoms. The molecule has 0 spiro atoms. The molecule has 1 aliphatic rings. The highest BCUT2D eigenvalue weighted by Gasteiger charge is 2.26. The van der Waals surface area contributed by atoms with E-state index in [1.54, 1.807) is 41.4 Å². The molecular weight excluding hydrogens is 383 g/mol. The Balaban J connectivity index is 1.68. The molecule has 2 heterocycles. The molecule has 0 unspecified atom stereocenters. The summed E-state index contributed by atoms with van der Waals surface area (Å²) in [5.41, 5.74) is 2.50. The van der Waals surface area contributed by atoms with Crippen LogP contribution in [0.25, 0.3) is 0 Å². The maximum atomic E-state index is 13.3. The summed E-state index contributed by atoms with van der Waals surface area (Å²) in [7, 11) is 0. The molecule has 0 N–H and O–H groups in total. The van der Waals surface area contributed by atoms with Gasteiger partial charge in [0.1, 0.15) is 11.3 Å². The first-order chi connectivity index (χ1) is 13.1. The molecule has 0 saturated carbocycles. The quantitative estimate of drug-likeness (QED) is 0.561. The summed E-state index contributed by atoms with van der Waals surface area (Å²) in [5.74, 6) is 0.470. The molecule has 4 nitrogen and oxygen atoms in total. The monoisotopic (exact) mass is 398 g/mol. The van der Waals surface area contributed by atoms with Crippen molar-refractivity contribution in [2.75, 3.05) is 11.4 Å². The van der Waals surface area contributed by atoms with Crippen molar-refractivity contribution >= 4 is 34.8 Å². The molecule has 27 heavy (non-hydrogen) atoms. The third-order valence-electron chi connectivity index (χ3n) is 4.46. The number of anilines is 1. The van der Waals surface area contributed by atoms with E-state index in [0.29, 0.717) is 27.9 Å². The SMILES string of the molecule is O=C(c1cccnc1Oc1ccc(Cl)cc1Cl)N1CCCc2ccccc21. The lowest BCUT2D eigenvalue weighted by Crippen LogP contribution is -2.35. The Morgan fingerprint density at radius 2 is 1.93 bits per heavy atom. The topological polar surface area (TPSA) is 42.4 Å². The maximum Gasteiger partial charge on any atom is 0.263 e. The first kappa shape index (κ1) is 17.8. The van der Waals surface area contributed by atoms with Crippen LogP contribution in [0.2, 0.25) is 10.0 Å². The second-order valence-corrected chi connectivity index (χ2v) is 7.07. The van der Waals surface area contributed by atoms with E-state index in [1.165, 1.54) is 5.56 Å². The summed E-state index contributed by atoms with van der Waals surface area (Å²) in [6.45, 7) is 0.659. The number of aromatic nitrogens is 1. The first-order valence-electron chi connectivity index (χ1n) is 8.61. The van der Waals surface area contributed by atoms with Gasteiger partial charge in [-0.1, -0.05) is 41.4 Å². The number of benzene rings is 2. The average Bonchev–Trinajstić information content (AvgIpc) is 2.69. The highest BCUT2D eigenvalue weighted by molar-refractivity contribution is 6.35. The molecule has 3 aromatic rings. The fourth-order valence-electron chi connectivity index (χ4n) is 3.19. The van der Waals surface area contributed by atoms with E-state index in [-0.39, 0.29) is 11.8 Å². The molecule has 0 radical (unpaired) electrons. The number of amides is 1. The van der Waals surface area contributed by atoms with Crippen LogP contribution >= 0.6 is 23.2 Å². The third-order valence-corrected chi connectivity index (χ3v) is 4.99. The van der Waals surface area contributed by atoms with Crippen LogP contribution in [0, 0.1) is 0 Å². The fraction of sp³-hybridized carbons (Fsp3) is 0.143. The molecule has 4 rings (SSSR count). The molecular formula is C21H16Cl2N2O2. The van der Waals surface area contributed by atoms with Crippen molar-refractivity contribution in [2.45, 2.75) is 12.8 Å². The summed E-state index contributed by atoms with van der Waals surface area (Å²) < 4.78 is 5.85. The standard InChI is InChI=1S/C21H16Cl2N2O2/c22-15-9-10-19(17(23)13-15)27-20-16(7-3-11-24-20)21(26)25-12-4-6-14-5-1-2-8-18(14)25/h1-3,5,7-11,13H,4,6,12H2. The number of carbonyl (C=O) groups excluding carboxylic acids is 1. The van der Waals surface area contributed by atoms with Gasteiger partial charge in [-0.2, -0.15) is 0 Å². The molecule has 0 fully saturated rings. The predicted octanol–water partition coefficient (Wildman–Crippen LogP) is 5.77. The van der Waals surface area contributed by atoms with Crippen molar-refractivity contribution < 1.29 is 9.53 Å². The van der Waals surface area contributed by atoms with Crippen LogP contribution in [0.5, 0.6) is 11.6 Å². The minimum atomic E-state index is -0.143. The summed E-state index contributed by atoms with van der Waals surface area (Å²) in [4.78, 5) is 19.3. The van der Waals surface area contributed by atoms with Crippen LogP contribution in [-0.2, 0) is 6.42 Å². The second-order valence-electron chi connectivity index (χ2n) is 6.22. The number of aryl methyl sites for hydroxylation is 1. The molecule has 1 amide bonds. The number of pyridine rings is 1. The van der Waals surface area contributed by atoms with Gasteiger partial charge in [-0.3, -0.25) is 4.79 Å². The van der Waals surface area contributed by atoms with Crippen LogP contribution in [0.3, 0.4) is 0 Å². The van der Waals surface area contributed by atoms with Crippen LogP contribution in [-0.4, -0.2) is 17.4 Å². The normalized spacial score (nSPS) is 13.2. The van der Waals surface area contributed by atoms with E-state index in [0.717, 1.165) is 18.5 Å². The fourth-order valence-corrected chi connectivity index (χ4v) is 3.63. The second kappa shape index (κ2) is 7.59. The lowest BCUT2D eigenvalue weighted by molar-refractivity contribution is 0.0982. The predicted molar refractivity (Wildman–Crippen MR) is 107 cm³/mol. The van der Waals surface area contributed by atoms with Gasteiger partial charge in [-0.15, -0.1) is 0 Å². The minimum Gasteiger partial charge on any atom is -0.437 e. The molecule has 0 aliphatic carbocycles. The highest BCUT2D eigenvalue weighted by atomic mass is 35.5. The van der Waals surface area contributed by atoms with Gasteiger partial charge in [0.05, 0.1) is 5.02 Å². The number of halogens is 2. The zero-order valence-corrected chi connectivity index (χ0v) is 15.9. The summed E-state index contributed by atoms with van der Waals surface area (Å²) >= 11 is 12.1. The molecule has 1 aliphatic heterocycles. The van der Waals surface area contributed by atoms with Gasteiger partial charge in [0.25, 0.3) is 5.91 Å². The third kappa shape index (κ3) is 3.64. The van der Waals surface area contributed by atoms with Crippen molar-refractivity contribution in [1.82, 2.24) is 4.98 Å². The average molecular weight is 399 g/mol. The van der Waals surface area contributed by atoms with E-state index >= 15 is 0 Å². The van der Waals surface area contributed by atoms with E-state index in [4.69, 9.17) is 27.9 Å². The Kier molecular flexibility index (Phi) is 5.01. The van der Waals surface area contributed by atoms with Gasteiger partial charge >= 0.3 is 0 Å². The minimum absolute atomic E-state index is 0.143. The van der Waals surface area contributed by atoms with Crippen LogP contribution in [0.15, 0.2) is 60.8 Å². The molecule has 0 saturated heterocycles. The zero-order chi connectivity index (χ0) is 18.8. The van der Waals surface area contributed by atoms with E-state index in [1.807, 2.05) is 18.2 Å². The van der Waals surface area contributed by atoms with Crippen LogP contribution in [0.1, 0.15) is 22.3 Å². The Bertz CT molecular complexity index is 1010. The smallest absolute Gasteiger partial charge is 0.263 e. The number of rotatable bonds is 3. The van der Waals surface area contributed by atoms with Crippen molar-refractivity contribution in [3.8, 4) is 11.6 Å². The van der Waals surface area contributed by atoms with Crippen molar-refractivity contribution in [3.63, 3.8) is 0 Å². The highest BCUT2D eigenvalue weighted by Crippen LogP contribution is 2.34. The van der Waals surface area contributed by atoms with Gasteiger partial charge in [0.15, 0.2) is 0 Å². The van der Waals surface area contributed by atoms with Crippen molar-refractivity contribution in [2.24, 2.45) is 0 Å². The lowest BCUT2D eigenvalue weighted by atomic mass is 10.0. The number of fused-ring (bicyclic) bond motifs is 1. The van der Waals surface area contributed by atoms with E-state index in [9.17, 15) is 4.79 Å². The molecule has 136 valence electrons. The van der Waals surface area contributed by atoms with Crippen LogP contribution < -0.4 is 9.64 Å². The Morgan fingerprint density at radius 3 is 2.78 bits per heavy atom. The largest absolute Gasteiger partial charge is 0.437 e. The zero-order valence-electron chi connectivity index (χ0n) is 14.4. The van der Waals surface area contributed by atoms with Crippen molar-refractivity contribution in [1.29, 1.82) is 0 Å². The van der Waals surface area contributed by atoms with E-state index < -0.39 is 0 Å². The number of para-hydroxylation sites is 1. The van der Waals surface area contributed by atoms with Gasteiger partial charge < -0.3 is 9.64 Å². The van der Waals surface area contributed by atoms with Gasteiger partial charge in [-0.25, -0.2) is 4.98 Å². The number of nitrogens with zero attached hydrogens (tertiary/aromatic N) is 2. The van der Waals surface area contributed by atoms with E-state index in [2.05, 4.69) is 11.1 Å². The van der Waals surface area contributed by atoms with Crippen LogP contribution in [0.4, 0.5) is 5.69 Å². The number of ether oxygens (including phenoxy) is 1. The first-order valence-corrected chi connectivity index (χ1v) is 9.37. The Labute approximate surface area is 167 Å². The van der Waals surface area contributed by atoms with Crippen molar-refractivity contribution in [3.05, 3.63) is 82.0 Å². The van der Waals surface area contributed by atoms with Gasteiger partial charge in [0, 0.05) is 23.5 Å². The lowest BCUT2D eigenvalue weighted by Gasteiger charge is -2.29. The summed E-state index contributed by atoms with van der Waals surface area (Å²) in [6.07, 6.45) is 3.47. The number of hydrogen-bond donors (Lipinski definition) is 0. The number of hydrogen-bond acceptors (Lipinski definition) is 3. The maximum absolute atomic E-state index is 13.3. The number of carbonyl (C=O) groups is 1. The Hall–Kier alpha value is -2.56. The molecule has 1 aromatic heterocycles.